The van der Waals surface area contributed by atoms with E-state index in [-0.39, 0.29) is 16.8 Å². The molecule has 0 fully saturated rings. The second kappa shape index (κ2) is 8.06. The van der Waals surface area contributed by atoms with Crippen molar-refractivity contribution in [1.29, 1.82) is 0 Å². The maximum absolute atomic E-state index is 10.9. The summed E-state index contributed by atoms with van der Waals surface area (Å²) in [6.07, 6.45) is 0.0120. The van der Waals surface area contributed by atoms with Crippen LogP contribution in [0.2, 0.25) is 5.02 Å². The van der Waals surface area contributed by atoms with Crippen LogP contribution in [0.1, 0.15) is 30.6 Å². The third-order valence-corrected chi connectivity index (χ3v) is 3.94. The molecule has 0 saturated carbocycles. The van der Waals surface area contributed by atoms with Crippen molar-refractivity contribution in [2.45, 2.75) is 32.0 Å². The molecule has 5 nitrogen and oxygen atoms in total. The van der Waals surface area contributed by atoms with Crippen molar-refractivity contribution in [3.63, 3.8) is 0 Å². The lowest BCUT2D eigenvalue weighted by Crippen LogP contribution is -2.27. The average Bonchev–Trinajstić information content (AvgIpc) is 2.54. The summed E-state index contributed by atoms with van der Waals surface area (Å²) in [5, 5.41) is 24.5. The molecule has 0 bridgehead atoms. The summed E-state index contributed by atoms with van der Waals surface area (Å²) < 4.78 is 0. The van der Waals surface area contributed by atoms with Gasteiger partial charge in [0, 0.05) is 18.7 Å². The zero-order chi connectivity index (χ0) is 16.8. The fourth-order valence-corrected chi connectivity index (χ4v) is 2.52. The molecule has 0 aliphatic heterocycles. The van der Waals surface area contributed by atoms with Crippen molar-refractivity contribution >= 4 is 17.3 Å². The van der Waals surface area contributed by atoms with Crippen molar-refractivity contribution in [1.82, 2.24) is 5.32 Å². The number of aliphatic hydroxyl groups excluding tert-OH is 1. The molecule has 0 spiro atoms. The fourth-order valence-electron chi connectivity index (χ4n) is 2.33. The molecule has 0 aromatic heterocycles. The van der Waals surface area contributed by atoms with Gasteiger partial charge in [0.2, 0.25) is 0 Å². The molecule has 0 amide bonds. The van der Waals surface area contributed by atoms with Gasteiger partial charge in [0.05, 0.1) is 11.0 Å². The maximum Gasteiger partial charge on any atom is 0.288 e. The van der Waals surface area contributed by atoms with Gasteiger partial charge in [-0.15, -0.1) is 0 Å². The highest BCUT2D eigenvalue weighted by Crippen LogP contribution is 2.25. The second-order valence-electron chi connectivity index (χ2n) is 5.49. The molecule has 6 heteroatoms. The number of benzene rings is 2. The van der Waals surface area contributed by atoms with Gasteiger partial charge < -0.3 is 10.4 Å². The van der Waals surface area contributed by atoms with Crippen molar-refractivity contribution in [2.24, 2.45) is 0 Å². The zero-order valence-corrected chi connectivity index (χ0v) is 13.5. The Kier molecular flexibility index (Phi) is 6.10. The molecular formula is C17H19ClN2O3. The van der Waals surface area contributed by atoms with Gasteiger partial charge in [-0.25, -0.2) is 0 Å². The minimum Gasteiger partial charge on any atom is -0.388 e. The van der Waals surface area contributed by atoms with Crippen LogP contribution in [0.15, 0.2) is 48.5 Å². The first-order chi connectivity index (χ1) is 11.0. The lowest BCUT2D eigenvalue weighted by atomic mass is 10.0. The molecule has 0 aliphatic rings. The van der Waals surface area contributed by atoms with Crippen LogP contribution in [0.3, 0.4) is 0 Å². The first-order valence-electron chi connectivity index (χ1n) is 7.36. The quantitative estimate of drug-likeness (QED) is 0.595. The van der Waals surface area contributed by atoms with Crippen molar-refractivity contribution in [2.75, 3.05) is 0 Å². The number of nitro groups is 1. The molecule has 0 saturated heterocycles. The van der Waals surface area contributed by atoms with Crippen LogP contribution in [0, 0.1) is 10.1 Å². The molecular weight excluding hydrogens is 316 g/mol. The van der Waals surface area contributed by atoms with E-state index in [9.17, 15) is 15.2 Å². The lowest BCUT2D eigenvalue weighted by Gasteiger charge is -2.18. The summed E-state index contributed by atoms with van der Waals surface area (Å²) >= 11 is 5.80. The molecule has 2 atom stereocenters. The summed E-state index contributed by atoms with van der Waals surface area (Å²) in [6.45, 7) is 2.44. The highest BCUT2D eigenvalue weighted by atomic mass is 35.5. The first-order valence-corrected chi connectivity index (χ1v) is 7.74. The van der Waals surface area contributed by atoms with Crippen LogP contribution in [-0.2, 0) is 6.54 Å². The number of nitrogens with zero attached hydrogens (tertiary/aromatic N) is 1. The monoisotopic (exact) mass is 334 g/mol. The van der Waals surface area contributed by atoms with Crippen molar-refractivity contribution in [3.8, 4) is 0 Å². The number of hydrogen-bond acceptors (Lipinski definition) is 4. The SMILES string of the molecule is CC(CC(O)c1ccccc1)NCc1ccc(Cl)c([N+](=O)[O-])c1. The minimum absolute atomic E-state index is 0.0555. The summed E-state index contributed by atoms with van der Waals surface area (Å²) in [4.78, 5) is 10.4. The van der Waals surface area contributed by atoms with Gasteiger partial charge in [-0.05, 0) is 30.5 Å². The molecule has 2 aromatic rings. The zero-order valence-electron chi connectivity index (χ0n) is 12.8. The van der Waals surface area contributed by atoms with Crippen LogP contribution >= 0.6 is 11.6 Å². The molecule has 23 heavy (non-hydrogen) atoms. The maximum atomic E-state index is 10.9. The second-order valence-corrected chi connectivity index (χ2v) is 5.89. The smallest absolute Gasteiger partial charge is 0.288 e. The van der Waals surface area contributed by atoms with Gasteiger partial charge >= 0.3 is 0 Å². The Bertz CT molecular complexity index is 664. The fraction of sp³-hybridized carbons (Fsp3) is 0.294. The molecule has 0 heterocycles. The van der Waals surface area contributed by atoms with Gasteiger partial charge in [0.25, 0.3) is 5.69 Å². The van der Waals surface area contributed by atoms with E-state index in [0.717, 1.165) is 11.1 Å². The van der Waals surface area contributed by atoms with Crippen LogP contribution in [0.4, 0.5) is 5.69 Å². The number of nitro benzene ring substituents is 1. The Morgan fingerprint density at radius 3 is 2.61 bits per heavy atom. The number of aliphatic hydroxyl groups is 1. The van der Waals surface area contributed by atoms with Crippen LogP contribution < -0.4 is 5.32 Å². The Morgan fingerprint density at radius 1 is 1.26 bits per heavy atom. The van der Waals surface area contributed by atoms with E-state index in [0.29, 0.717) is 13.0 Å². The van der Waals surface area contributed by atoms with Gasteiger partial charge in [-0.1, -0.05) is 48.0 Å². The van der Waals surface area contributed by atoms with E-state index < -0.39 is 11.0 Å². The van der Waals surface area contributed by atoms with Gasteiger partial charge in [-0.2, -0.15) is 0 Å². The Hall–Kier alpha value is -1.95. The van der Waals surface area contributed by atoms with Gasteiger partial charge in [-0.3, -0.25) is 10.1 Å². The molecule has 122 valence electrons. The average molecular weight is 335 g/mol. The van der Waals surface area contributed by atoms with E-state index in [4.69, 9.17) is 11.6 Å². The summed E-state index contributed by atoms with van der Waals surface area (Å²) in [5.74, 6) is 0. The predicted octanol–water partition coefficient (Wildman–Crippen LogP) is 3.85. The number of rotatable bonds is 7. The number of nitrogens with one attached hydrogen (secondary N) is 1. The summed E-state index contributed by atoms with van der Waals surface area (Å²) in [6, 6.07) is 14.3. The number of hydrogen-bond donors (Lipinski definition) is 2. The molecule has 2 aromatic carbocycles. The van der Waals surface area contributed by atoms with Crippen LogP contribution in [0.25, 0.3) is 0 Å². The van der Waals surface area contributed by atoms with E-state index >= 15 is 0 Å². The summed E-state index contributed by atoms with van der Waals surface area (Å²) in [7, 11) is 0. The van der Waals surface area contributed by atoms with E-state index in [1.807, 2.05) is 37.3 Å². The van der Waals surface area contributed by atoms with Gasteiger partial charge in [0.1, 0.15) is 5.02 Å². The molecule has 2 unspecified atom stereocenters. The molecule has 0 aliphatic carbocycles. The molecule has 2 N–H and O–H groups in total. The lowest BCUT2D eigenvalue weighted by molar-refractivity contribution is -0.384. The summed E-state index contributed by atoms with van der Waals surface area (Å²) in [5.41, 5.74) is 1.56. The normalized spacial score (nSPS) is 13.5. The minimum atomic E-state index is -0.543. The third kappa shape index (κ3) is 5.03. The first kappa shape index (κ1) is 17.4. The Balaban J connectivity index is 1.90. The topological polar surface area (TPSA) is 75.4 Å². The highest BCUT2D eigenvalue weighted by Gasteiger charge is 2.14. The molecule has 0 radical (unpaired) electrons. The highest BCUT2D eigenvalue weighted by molar-refractivity contribution is 6.32. The van der Waals surface area contributed by atoms with Crippen LogP contribution in [-0.4, -0.2) is 16.1 Å². The van der Waals surface area contributed by atoms with Crippen LogP contribution in [0.5, 0.6) is 0 Å². The van der Waals surface area contributed by atoms with Crippen molar-refractivity contribution in [3.05, 3.63) is 74.8 Å². The molecule has 2 rings (SSSR count). The Labute approximate surface area is 140 Å². The van der Waals surface area contributed by atoms with E-state index in [1.54, 1.807) is 6.07 Å². The number of halogens is 1. The predicted molar refractivity (Wildman–Crippen MR) is 90.4 cm³/mol. The van der Waals surface area contributed by atoms with E-state index in [1.165, 1.54) is 12.1 Å². The Morgan fingerprint density at radius 2 is 1.96 bits per heavy atom. The van der Waals surface area contributed by atoms with Gasteiger partial charge in [0.15, 0.2) is 0 Å². The third-order valence-electron chi connectivity index (χ3n) is 3.62. The van der Waals surface area contributed by atoms with Crippen molar-refractivity contribution < 1.29 is 10.0 Å². The van der Waals surface area contributed by atoms with E-state index in [2.05, 4.69) is 5.32 Å². The largest absolute Gasteiger partial charge is 0.388 e. The standard InChI is InChI=1S/C17H19ClN2O3/c1-12(9-17(21)14-5-3-2-4-6-14)19-11-13-7-8-15(18)16(10-13)20(22)23/h2-8,10,12,17,19,21H,9,11H2,1H3.